The average molecular weight is 412 g/mol. The number of anilines is 1. The Morgan fingerprint density at radius 2 is 2.04 bits per heavy atom. The van der Waals surface area contributed by atoms with Gasteiger partial charge in [0.2, 0.25) is 5.13 Å². The topological polar surface area (TPSA) is 90.1 Å². The molecule has 0 saturated heterocycles. The van der Waals surface area contributed by atoms with Crippen LogP contribution in [0, 0.1) is 6.92 Å². The lowest BCUT2D eigenvalue weighted by Crippen LogP contribution is -2.11. The number of hydrogen-bond donors (Lipinski definition) is 1. The van der Waals surface area contributed by atoms with Gasteiger partial charge in [-0.05, 0) is 50.2 Å². The summed E-state index contributed by atoms with van der Waals surface area (Å²) in [6.07, 6.45) is 0. The molecule has 1 N–H and O–H groups in total. The molecule has 3 heterocycles. The van der Waals surface area contributed by atoms with Crippen LogP contribution < -0.4 is 10.1 Å². The molecule has 142 valence electrons. The molecule has 0 spiro atoms. The van der Waals surface area contributed by atoms with Crippen LogP contribution in [-0.2, 0) is 0 Å². The van der Waals surface area contributed by atoms with Gasteiger partial charge in [0, 0.05) is 28.0 Å². The van der Waals surface area contributed by atoms with E-state index in [0.717, 1.165) is 27.7 Å². The molecule has 28 heavy (non-hydrogen) atoms. The van der Waals surface area contributed by atoms with E-state index >= 15 is 0 Å². The molecule has 0 aliphatic heterocycles. The summed E-state index contributed by atoms with van der Waals surface area (Å²) in [5, 5.41) is 6.98. The molecule has 0 fully saturated rings. The summed E-state index contributed by atoms with van der Waals surface area (Å²) in [6.45, 7) is 4.55. The third kappa shape index (κ3) is 3.95. The number of carbonyl (C=O) groups is 1. The Balaban J connectivity index is 1.45. The number of rotatable bonds is 6. The van der Waals surface area contributed by atoms with E-state index in [9.17, 15) is 4.79 Å². The van der Waals surface area contributed by atoms with E-state index in [-0.39, 0.29) is 5.69 Å². The maximum atomic E-state index is 12.4. The molecule has 9 heteroatoms. The first-order valence-electron chi connectivity index (χ1n) is 8.54. The molecular formula is C19H16N4O3S2. The van der Waals surface area contributed by atoms with Gasteiger partial charge in [-0.1, -0.05) is 5.16 Å². The standard InChI is InChI=1S/C19H16N4O3S2/c1-3-25-13-7-5-12(6-8-13)15-10-14(22-26-15)18(24)21-19-20-17(23-28-19)16-9-4-11(2)27-16/h4-10H,3H2,1-2H3,(H,20,21,23,24). The lowest BCUT2D eigenvalue weighted by molar-refractivity contribution is 0.101. The van der Waals surface area contributed by atoms with Crippen molar-refractivity contribution in [2.75, 3.05) is 11.9 Å². The van der Waals surface area contributed by atoms with Crippen molar-refractivity contribution >= 4 is 33.9 Å². The van der Waals surface area contributed by atoms with E-state index in [4.69, 9.17) is 9.26 Å². The predicted octanol–water partition coefficient (Wildman–Crippen LogP) is 4.88. The maximum Gasteiger partial charge on any atom is 0.279 e. The van der Waals surface area contributed by atoms with Crippen molar-refractivity contribution in [1.29, 1.82) is 0 Å². The molecule has 7 nitrogen and oxygen atoms in total. The second-order valence-electron chi connectivity index (χ2n) is 5.82. The summed E-state index contributed by atoms with van der Waals surface area (Å²) in [4.78, 5) is 18.9. The highest BCUT2D eigenvalue weighted by Gasteiger charge is 2.17. The minimum absolute atomic E-state index is 0.174. The number of thiophene rings is 1. The van der Waals surface area contributed by atoms with Gasteiger partial charge in [0.05, 0.1) is 11.5 Å². The zero-order chi connectivity index (χ0) is 19.5. The smallest absolute Gasteiger partial charge is 0.279 e. The Kier molecular flexibility index (Phi) is 5.18. The molecule has 0 atom stereocenters. The fraction of sp³-hybridized carbons (Fsp3) is 0.158. The molecule has 3 aromatic heterocycles. The summed E-state index contributed by atoms with van der Waals surface area (Å²) >= 11 is 2.73. The van der Waals surface area contributed by atoms with E-state index in [1.807, 2.05) is 50.2 Å². The van der Waals surface area contributed by atoms with Gasteiger partial charge < -0.3 is 9.26 Å². The number of aryl methyl sites for hydroxylation is 1. The second-order valence-corrected chi connectivity index (χ2v) is 7.86. The molecule has 4 aromatic rings. The van der Waals surface area contributed by atoms with Gasteiger partial charge in [-0.3, -0.25) is 10.1 Å². The van der Waals surface area contributed by atoms with Gasteiger partial charge in [0.1, 0.15) is 5.75 Å². The summed E-state index contributed by atoms with van der Waals surface area (Å²) in [5.41, 5.74) is 0.980. The van der Waals surface area contributed by atoms with Crippen molar-refractivity contribution < 1.29 is 14.1 Å². The highest BCUT2D eigenvalue weighted by atomic mass is 32.1. The van der Waals surface area contributed by atoms with Crippen molar-refractivity contribution in [2.24, 2.45) is 0 Å². The summed E-state index contributed by atoms with van der Waals surface area (Å²) < 4.78 is 15.0. The minimum Gasteiger partial charge on any atom is -0.494 e. The Bertz CT molecular complexity index is 1100. The SMILES string of the molecule is CCOc1ccc(-c2cc(C(=O)Nc3nc(-c4ccc(C)s4)ns3)no2)cc1. The molecule has 0 unspecified atom stereocenters. The third-order valence-electron chi connectivity index (χ3n) is 3.80. The van der Waals surface area contributed by atoms with Crippen molar-refractivity contribution in [3.8, 4) is 27.8 Å². The van der Waals surface area contributed by atoms with E-state index in [2.05, 4.69) is 19.8 Å². The van der Waals surface area contributed by atoms with Gasteiger partial charge in [0.15, 0.2) is 17.3 Å². The molecule has 1 amide bonds. The monoisotopic (exact) mass is 412 g/mol. The fourth-order valence-corrected chi connectivity index (χ4v) is 3.93. The second kappa shape index (κ2) is 7.91. The summed E-state index contributed by atoms with van der Waals surface area (Å²) in [7, 11) is 0. The van der Waals surface area contributed by atoms with E-state index in [1.165, 1.54) is 4.88 Å². The molecular weight excluding hydrogens is 396 g/mol. The van der Waals surface area contributed by atoms with Gasteiger partial charge in [0.25, 0.3) is 5.91 Å². The van der Waals surface area contributed by atoms with Crippen LogP contribution in [0.2, 0.25) is 0 Å². The van der Waals surface area contributed by atoms with Crippen LogP contribution in [0.25, 0.3) is 22.0 Å². The highest BCUT2D eigenvalue weighted by molar-refractivity contribution is 7.15. The molecule has 0 aliphatic rings. The Morgan fingerprint density at radius 1 is 1.21 bits per heavy atom. The molecule has 0 bridgehead atoms. The van der Waals surface area contributed by atoms with Crippen LogP contribution in [0.1, 0.15) is 22.3 Å². The number of amides is 1. The first kappa shape index (κ1) is 18.3. The van der Waals surface area contributed by atoms with E-state index in [0.29, 0.717) is 23.3 Å². The fourth-order valence-electron chi connectivity index (χ4n) is 2.49. The van der Waals surface area contributed by atoms with Crippen LogP contribution in [0.3, 0.4) is 0 Å². The van der Waals surface area contributed by atoms with Crippen molar-refractivity contribution in [1.82, 2.24) is 14.5 Å². The number of nitrogens with zero attached hydrogens (tertiary/aromatic N) is 3. The number of benzene rings is 1. The average Bonchev–Trinajstić information content (AvgIpc) is 3.43. The number of nitrogens with one attached hydrogen (secondary N) is 1. The Morgan fingerprint density at radius 3 is 2.75 bits per heavy atom. The molecule has 1 aromatic carbocycles. The van der Waals surface area contributed by atoms with Gasteiger partial charge in [-0.2, -0.15) is 9.36 Å². The number of carbonyl (C=O) groups excluding carboxylic acids is 1. The van der Waals surface area contributed by atoms with Crippen LogP contribution in [0.5, 0.6) is 5.75 Å². The normalized spacial score (nSPS) is 10.8. The largest absolute Gasteiger partial charge is 0.494 e. The molecule has 0 aliphatic carbocycles. The highest BCUT2D eigenvalue weighted by Crippen LogP contribution is 2.28. The molecule has 0 saturated carbocycles. The number of hydrogen-bond acceptors (Lipinski definition) is 8. The van der Waals surface area contributed by atoms with Crippen LogP contribution in [-0.4, -0.2) is 27.0 Å². The van der Waals surface area contributed by atoms with Crippen LogP contribution in [0.15, 0.2) is 47.0 Å². The number of aromatic nitrogens is 3. The zero-order valence-electron chi connectivity index (χ0n) is 15.1. The summed E-state index contributed by atoms with van der Waals surface area (Å²) in [6, 6.07) is 13.0. The van der Waals surface area contributed by atoms with E-state index < -0.39 is 5.91 Å². The first-order chi connectivity index (χ1) is 13.6. The van der Waals surface area contributed by atoms with E-state index in [1.54, 1.807) is 17.4 Å². The molecule has 0 radical (unpaired) electrons. The zero-order valence-corrected chi connectivity index (χ0v) is 16.8. The van der Waals surface area contributed by atoms with Crippen molar-refractivity contribution in [2.45, 2.75) is 13.8 Å². The summed E-state index contributed by atoms with van der Waals surface area (Å²) in [5.74, 6) is 1.48. The predicted molar refractivity (Wildman–Crippen MR) is 109 cm³/mol. The van der Waals surface area contributed by atoms with Crippen LogP contribution >= 0.6 is 22.9 Å². The third-order valence-corrected chi connectivity index (χ3v) is 5.43. The molecule has 4 rings (SSSR count). The van der Waals surface area contributed by atoms with Gasteiger partial charge in [-0.15, -0.1) is 11.3 Å². The minimum atomic E-state index is -0.397. The Hall–Kier alpha value is -3.04. The number of ether oxygens (including phenoxy) is 1. The quantitative estimate of drug-likeness (QED) is 0.485. The van der Waals surface area contributed by atoms with Crippen molar-refractivity contribution in [3.63, 3.8) is 0 Å². The Labute approximate surface area is 169 Å². The van der Waals surface area contributed by atoms with Crippen molar-refractivity contribution in [3.05, 3.63) is 53.0 Å². The maximum absolute atomic E-state index is 12.4. The first-order valence-corrected chi connectivity index (χ1v) is 10.1. The van der Waals surface area contributed by atoms with Crippen LogP contribution in [0.4, 0.5) is 5.13 Å². The van der Waals surface area contributed by atoms with Gasteiger partial charge in [-0.25, -0.2) is 0 Å². The lowest BCUT2D eigenvalue weighted by atomic mass is 10.1. The van der Waals surface area contributed by atoms with Gasteiger partial charge >= 0.3 is 0 Å². The lowest BCUT2D eigenvalue weighted by Gasteiger charge is -2.02.